The molecule has 0 radical (unpaired) electrons. The fourth-order valence-electron chi connectivity index (χ4n) is 11.2. The van der Waals surface area contributed by atoms with Crippen LogP contribution in [0.2, 0.25) is 17.7 Å². The topological polar surface area (TPSA) is 29.5 Å². The molecule has 9 atom stereocenters. The first kappa shape index (κ1) is 22.2. The second-order valence-corrected chi connectivity index (χ2v) is 27.1. The van der Waals surface area contributed by atoms with E-state index in [9.17, 15) is 5.11 Å². The van der Waals surface area contributed by atoms with Crippen LogP contribution in [-0.4, -0.2) is 42.3 Å². The molecular formula is C28H48O2Sn. The summed E-state index contributed by atoms with van der Waals surface area (Å²) in [6, 6.07) is 0. The molecule has 1 N–H and O–H groups in total. The van der Waals surface area contributed by atoms with Gasteiger partial charge < -0.3 is 0 Å². The Morgan fingerprint density at radius 1 is 0.871 bits per heavy atom. The summed E-state index contributed by atoms with van der Waals surface area (Å²) in [7, 11) is 0. The van der Waals surface area contributed by atoms with Gasteiger partial charge in [-0.3, -0.25) is 0 Å². The molecule has 1 heterocycles. The Balaban J connectivity index is 1.37. The minimum atomic E-state index is -2.31. The Bertz CT molecular complexity index is 667. The second-order valence-electron chi connectivity index (χ2n) is 13.2. The molecule has 0 aromatic carbocycles. The van der Waals surface area contributed by atoms with Crippen molar-refractivity contribution in [3.05, 3.63) is 0 Å². The van der Waals surface area contributed by atoms with Gasteiger partial charge in [0, 0.05) is 0 Å². The van der Waals surface area contributed by atoms with Gasteiger partial charge in [-0.05, 0) is 0 Å². The molecule has 0 aromatic rings. The number of hydrogen-bond acceptors (Lipinski definition) is 2. The van der Waals surface area contributed by atoms with E-state index in [2.05, 4.69) is 20.8 Å². The van der Waals surface area contributed by atoms with Gasteiger partial charge in [0.25, 0.3) is 0 Å². The first-order valence-electron chi connectivity index (χ1n) is 14.4. The quantitative estimate of drug-likeness (QED) is 0.292. The molecule has 6 fully saturated rings. The van der Waals surface area contributed by atoms with Crippen LogP contribution in [0.3, 0.4) is 0 Å². The Kier molecular flexibility index (Phi) is 5.64. The molecule has 6 rings (SSSR count). The zero-order valence-corrected chi connectivity index (χ0v) is 23.4. The summed E-state index contributed by atoms with van der Waals surface area (Å²) in [5.41, 5.74) is 1.07. The van der Waals surface area contributed by atoms with E-state index in [-0.39, 0.29) is 6.10 Å². The van der Waals surface area contributed by atoms with Crippen LogP contribution in [0.25, 0.3) is 0 Å². The molecule has 31 heavy (non-hydrogen) atoms. The van der Waals surface area contributed by atoms with E-state index >= 15 is 0 Å². The molecule has 0 amide bonds. The van der Waals surface area contributed by atoms with E-state index in [0.717, 1.165) is 30.3 Å². The first-order valence-corrected chi connectivity index (χ1v) is 22.4. The van der Waals surface area contributed by atoms with E-state index in [1.54, 1.807) is 17.7 Å². The number of unbranched alkanes of at least 4 members (excludes halogenated alkanes) is 3. The third-order valence-corrected chi connectivity index (χ3v) is 28.2. The van der Waals surface area contributed by atoms with Crippen molar-refractivity contribution in [3.8, 4) is 0 Å². The normalized spacial score (nSPS) is 47.6. The molecule has 5 bridgehead atoms. The molecule has 1 spiro atoms. The number of rotatable bonds is 11. The molecule has 0 unspecified atom stereocenters. The van der Waals surface area contributed by atoms with E-state index in [1.165, 1.54) is 64.2 Å². The van der Waals surface area contributed by atoms with Gasteiger partial charge in [0.05, 0.1) is 0 Å². The van der Waals surface area contributed by atoms with Gasteiger partial charge in [-0.2, -0.15) is 0 Å². The average molecular weight is 535 g/mol. The summed E-state index contributed by atoms with van der Waals surface area (Å²) in [6.07, 6.45) is 14.8. The maximum atomic E-state index is 11.9. The van der Waals surface area contributed by atoms with Crippen molar-refractivity contribution in [3.63, 3.8) is 0 Å². The van der Waals surface area contributed by atoms with Gasteiger partial charge in [0.2, 0.25) is 0 Å². The molecular weight excluding hydrogens is 487 g/mol. The van der Waals surface area contributed by atoms with Gasteiger partial charge in [0.1, 0.15) is 0 Å². The van der Waals surface area contributed by atoms with Crippen LogP contribution >= 0.6 is 0 Å². The maximum absolute atomic E-state index is 11.9. The molecule has 3 heteroatoms. The van der Waals surface area contributed by atoms with Crippen molar-refractivity contribution in [2.45, 2.75) is 115 Å². The van der Waals surface area contributed by atoms with Crippen LogP contribution in [0, 0.1) is 46.3 Å². The summed E-state index contributed by atoms with van der Waals surface area (Å²) in [6.45, 7) is 8.23. The number of hydrogen-bond donors (Lipinski definition) is 1. The van der Waals surface area contributed by atoms with Crippen molar-refractivity contribution in [2.75, 3.05) is 6.61 Å². The fourth-order valence-corrected chi connectivity index (χ4v) is 30.1. The van der Waals surface area contributed by atoms with E-state index in [0.29, 0.717) is 28.8 Å². The van der Waals surface area contributed by atoms with Crippen molar-refractivity contribution >= 4 is 18.4 Å². The molecule has 1 aliphatic heterocycles. The van der Waals surface area contributed by atoms with Crippen molar-refractivity contribution in [1.82, 2.24) is 0 Å². The van der Waals surface area contributed by atoms with Crippen LogP contribution in [0.1, 0.15) is 85.0 Å². The van der Waals surface area contributed by atoms with E-state index < -0.39 is 18.4 Å². The Hall–Kier alpha value is 0.719. The van der Waals surface area contributed by atoms with Crippen LogP contribution in [0.15, 0.2) is 0 Å². The average Bonchev–Trinajstić information content (AvgIpc) is 3.27. The zero-order chi connectivity index (χ0) is 21.4. The fraction of sp³-hybridized carbons (Fsp3) is 1.00. The SMILES string of the molecule is CCC[CH2][Sn]([CH2]CCC)([CH2]CCC)[CH2][C@]12CCO[C@@H]1[C@H]1[C@H]3[C@H](O)[C@@H]2[C@H]2C[C@@H]1C1(CC1)[C@H]23. The molecule has 5 saturated carbocycles. The number of fused-ring (bicyclic) bond motifs is 4. The van der Waals surface area contributed by atoms with Gasteiger partial charge in [-0.1, -0.05) is 0 Å². The van der Waals surface area contributed by atoms with Crippen molar-refractivity contribution < 1.29 is 9.84 Å². The predicted octanol–water partition coefficient (Wildman–Crippen LogP) is 6.89. The van der Waals surface area contributed by atoms with Gasteiger partial charge >= 0.3 is 196 Å². The summed E-state index contributed by atoms with van der Waals surface area (Å²) in [5.74, 6) is 4.63. The third-order valence-electron chi connectivity index (χ3n) is 12.1. The molecule has 5 aliphatic carbocycles. The van der Waals surface area contributed by atoms with Crippen molar-refractivity contribution in [1.29, 1.82) is 0 Å². The van der Waals surface area contributed by atoms with E-state index in [4.69, 9.17) is 4.74 Å². The Labute approximate surface area is 195 Å². The van der Waals surface area contributed by atoms with Crippen LogP contribution in [0.4, 0.5) is 0 Å². The minimum absolute atomic E-state index is 0.0236. The number of ether oxygens (including phenoxy) is 1. The molecule has 2 nitrogen and oxygen atoms in total. The second kappa shape index (κ2) is 7.87. The summed E-state index contributed by atoms with van der Waals surface area (Å²) in [5, 5.41) is 11.9. The summed E-state index contributed by atoms with van der Waals surface area (Å²) in [4.78, 5) is 0. The predicted molar refractivity (Wildman–Crippen MR) is 130 cm³/mol. The molecule has 1 saturated heterocycles. The number of aliphatic hydroxyl groups excluding tert-OH is 1. The Morgan fingerprint density at radius 2 is 1.52 bits per heavy atom. The van der Waals surface area contributed by atoms with Crippen LogP contribution in [-0.2, 0) is 4.74 Å². The molecule has 6 aliphatic rings. The van der Waals surface area contributed by atoms with Gasteiger partial charge in [-0.25, -0.2) is 0 Å². The zero-order valence-electron chi connectivity index (χ0n) is 20.6. The van der Waals surface area contributed by atoms with Gasteiger partial charge in [0.15, 0.2) is 0 Å². The monoisotopic (exact) mass is 536 g/mol. The summed E-state index contributed by atoms with van der Waals surface area (Å²) >= 11 is -2.31. The van der Waals surface area contributed by atoms with Crippen LogP contribution in [0.5, 0.6) is 0 Å². The first-order chi connectivity index (χ1) is 15.1. The van der Waals surface area contributed by atoms with Crippen molar-refractivity contribution in [2.24, 2.45) is 46.3 Å². The molecule has 176 valence electrons. The number of aliphatic hydroxyl groups is 1. The summed E-state index contributed by atoms with van der Waals surface area (Å²) < 4.78 is 13.3. The van der Waals surface area contributed by atoms with E-state index in [1.807, 2.05) is 0 Å². The van der Waals surface area contributed by atoms with Crippen LogP contribution < -0.4 is 0 Å². The van der Waals surface area contributed by atoms with Gasteiger partial charge in [-0.15, -0.1) is 0 Å². The Morgan fingerprint density at radius 3 is 2.10 bits per heavy atom. The standard InChI is InChI=1S/C16H21O2.3C4H9.Sn/c1-15-4-5-18-14(15)9-8-6-7-11(16(8)2-3-16)10(9)13(17)12(7)15;3*1-3-4-2;/h7-14,17H,1-6H2;3*1,3-4H2,2H3;/t7-,8-,9+,10+,11+,12-,13-,14+,15+;;;;/m0..../s1. The third kappa shape index (κ3) is 2.88. The molecule has 0 aromatic heterocycles.